The Bertz CT molecular complexity index is 732. The van der Waals surface area contributed by atoms with Crippen molar-refractivity contribution in [2.24, 2.45) is 0 Å². The van der Waals surface area contributed by atoms with Crippen molar-refractivity contribution in [1.82, 2.24) is 9.88 Å². The van der Waals surface area contributed by atoms with Crippen molar-refractivity contribution in [3.8, 4) is 0 Å². The molecule has 1 aromatic heterocycles. The normalized spacial score (nSPS) is 11.4. The fraction of sp³-hybridized carbons (Fsp3) is 0.294. The van der Waals surface area contributed by atoms with Crippen LogP contribution in [0.4, 0.5) is 24.5 Å². The number of halogens is 3. The molecule has 0 radical (unpaired) electrons. The molecule has 2 N–H and O–H groups in total. The zero-order valence-electron chi connectivity index (χ0n) is 13.9. The molecule has 2 aromatic rings. The summed E-state index contributed by atoms with van der Waals surface area (Å²) in [6, 6.07) is 8.02. The van der Waals surface area contributed by atoms with Crippen LogP contribution in [0, 0.1) is 0 Å². The van der Waals surface area contributed by atoms with E-state index in [2.05, 4.69) is 15.6 Å². The summed E-state index contributed by atoms with van der Waals surface area (Å²) in [5.41, 5.74) is -0.491. The van der Waals surface area contributed by atoms with Gasteiger partial charge in [0, 0.05) is 25.0 Å². The third kappa shape index (κ3) is 5.46. The predicted octanol–water partition coefficient (Wildman–Crippen LogP) is 3.33. The summed E-state index contributed by atoms with van der Waals surface area (Å²) >= 11 is 0. The van der Waals surface area contributed by atoms with Gasteiger partial charge in [-0.25, -0.2) is 0 Å². The van der Waals surface area contributed by atoms with Crippen molar-refractivity contribution >= 4 is 17.3 Å². The van der Waals surface area contributed by atoms with Crippen molar-refractivity contribution in [1.29, 1.82) is 0 Å². The number of amides is 1. The Hall–Kier alpha value is -2.61. The van der Waals surface area contributed by atoms with Gasteiger partial charge in [0.15, 0.2) is 0 Å². The highest BCUT2D eigenvalue weighted by molar-refractivity contribution is 6.03. The number of benzene rings is 1. The smallest absolute Gasteiger partial charge is 0.384 e. The third-order valence-corrected chi connectivity index (χ3v) is 3.36. The molecule has 0 aliphatic carbocycles. The Morgan fingerprint density at radius 3 is 2.60 bits per heavy atom. The first-order valence-electron chi connectivity index (χ1n) is 7.59. The van der Waals surface area contributed by atoms with E-state index in [-0.39, 0.29) is 11.4 Å². The Balaban J connectivity index is 2.12. The van der Waals surface area contributed by atoms with Crippen LogP contribution >= 0.6 is 0 Å². The minimum atomic E-state index is -4.55. The second-order valence-electron chi connectivity index (χ2n) is 5.66. The minimum Gasteiger partial charge on any atom is -0.384 e. The van der Waals surface area contributed by atoms with E-state index in [1.165, 1.54) is 30.5 Å². The molecule has 0 atom stereocenters. The van der Waals surface area contributed by atoms with E-state index in [1.807, 2.05) is 19.0 Å². The maximum Gasteiger partial charge on any atom is 0.418 e. The number of nitrogens with zero attached hydrogens (tertiary/aromatic N) is 2. The summed E-state index contributed by atoms with van der Waals surface area (Å²) in [6.07, 6.45) is -3.12. The molecule has 1 amide bonds. The number of anilines is 2. The lowest BCUT2D eigenvalue weighted by Gasteiger charge is -2.14. The van der Waals surface area contributed by atoms with Gasteiger partial charge in [0.25, 0.3) is 5.91 Å². The van der Waals surface area contributed by atoms with Crippen molar-refractivity contribution in [3.05, 3.63) is 53.9 Å². The molecule has 2 rings (SSSR count). The van der Waals surface area contributed by atoms with Crippen molar-refractivity contribution in [2.45, 2.75) is 6.18 Å². The summed E-state index contributed by atoms with van der Waals surface area (Å²) in [5, 5.41) is 5.41. The molecule has 0 aliphatic rings. The maximum absolute atomic E-state index is 13.0. The van der Waals surface area contributed by atoms with Gasteiger partial charge in [0.2, 0.25) is 0 Å². The Morgan fingerprint density at radius 1 is 1.20 bits per heavy atom. The largest absolute Gasteiger partial charge is 0.418 e. The van der Waals surface area contributed by atoms with E-state index in [0.717, 1.165) is 12.6 Å². The molecule has 5 nitrogen and oxygen atoms in total. The maximum atomic E-state index is 13.0. The standard InChI is InChI=1S/C17H19F3N4O/c1-24(2)10-9-21-12-7-8-22-15(11-12)16(25)23-14-6-4-3-5-13(14)17(18,19)20/h3-8,11H,9-10H2,1-2H3,(H,21,22)(H,23,25). The monoisotopic (exact) mass is 352 g/mol. The number of aromatic nitrogens is 1. The lowest BCUT2D eigenvalue weighted by molar-refractivity contribution is -0.136. The number of para-hydroxylation sites is 1. The summed E-state index contributed by atoms with van der Waals surface area (Å²) < 4.78 is 39.0. The molecule has 1 aromatic carbocycles. The highest BCUT2D eigenvalue weighted by Crippen LogP contribution is 2.34. The molecule has 25 heavy (non-hydrogen) atoms. The van der Waals surface area contributed by atoms with Gasteiger partial charge in [-0.05, 0) is 38.4 Å². The van der Waals surface area contributed by atoms with Gasteiger partial charge in [-0.15, -0.1) is 0 Å². The molecule has 0 saturated heterocycles. The molecule has 0 fully saturated rings. The van der Waals surface area contributed by atoms with Gasteiger partial charge in [-0.2, -0.15) is 13.2 Å². The zero-order valence-corrected chi connectivity index (χ0v) is 13.9. The average molecular weight is 352 g/mol. The van der Waals surface area contributed by atoms with E-state index in [0.29, 0.717) is 12.2 Å². The zero-order chi connectivity index (χ0) is 18.4. The second kappa shape index (κ2) is 7.98. The van der Waals surface area contributed by atoms with Crippen molar-refractivity contribution in [2.75, 3.05) is 37.8 Å². The summed E-state index contributed by atoms with van der Waals surface area (Å²) in [4.78, 5) is 18.2. The first-order chi connectivity index (χ1) is 11.8. The molecule has 0 saturated carbocycles. The number of rotatable bonds is 6. The molecular weight excluding hydrogens is 333 g/mol. The van der Waals surface area contributed by atoms with Crippen LogP contribution in [0.25, 0.3) is 0 Å². The van der Waals surface area contributed by atoms with Gasteiger partial charge >= 0.3 is 6.18 Å². The van der Waals surface area contributed by atoms with Gasteiger partial charge in [-0.1, -0.05) is 12.1 Å². The van der Waals surface area contributed by atoms with Gasteiger partial charge in [0.1, 0.15) is 5.69 Å². The molecule has 0 bridgehead atoms. The average Bonchev–Trinajstić information content (AvgIpc) is 2.54. The number of carbonyl (C=O) groups is 1. The van der Waals surface area contributed by atoms with E-state index in [4.69, 9.17) is 0 Å². The quantitative estimate of drug-likeness (QED) is 0.837. The third-order valence-electron chi connectivity index (χ3n) is 3.36. The van der Waals surface area contributed by atoms with E-state index >= 15 is 0 Å². The Kier molecular flexibility index (Phi) is 5.97. The molecule has 8 heteroatoms. The molecule has 1 heterocycles. The summed E-state index contributed by atoms with van der Waals surface area (Å²) in [7, 11) is 3.87. The molecule has 0 unspecified atom stereocenters. The van der Waals surface area contributed by atoms with Crippen LogP contribution in [0.5, 0.6) is 0 Å². The topological polar surface area (TPSA) is 57.3 Å². The van der Waals surface area contributed by atoms with Crippen molar-refractivity contribution in [3.63, 3.8) is 0 Å². The highest BCUT2D eigenvalue weighted by Gasteiger charge is 2.33. The van der Waals surface area contributed by atoms with Crippen LogP contribution in [0.1, 0.15) is 16.1 Å². The fourth-order valence-corrected chi connectivity index (χ4v) is 2.11. The lowest BCUT2D eigenvalue weighted by atomic mass is 10.1. The highest BCUT2D eigenvalue weighted by atomic mass is 19.4. The number of hydrogen-bond acceptors (Lipinski definition) is 4. The Labute approximate surface area is 143 Å². The van der Waals surface area contributed by atoms with Crippen LogP contribution in [-0.4, -0.2) is 43.0 Å². The number of nitrogens with one attached hydrogen (secondary N) is 2. The molecule has 134 valence electrons. The number of carbonyl (C=O) groups excluding carboxylic acids is 1. The first-order valence-corrected chi connectivity index (χ1v) is 7.59. The van der Waals surface area contributed by atoms with E-state index in [1.54, 1.807) is 6.07 Å². The van der Waals surface area contributed by atoms with Crippen LogP contribution in [0.15, 0.2) is 42.6 Å². The van der Waals surface area contributed by atoms with E-state index in [9.17, 15) is 18.0 Å². The fourth-order valence-electron chi connectivity index (χ4n) is 2.11. The van der Waals surface area contributed by atoms with Crippen LogP contribution in [0.3, 0.4) is 0 Å². The number of pyridine rings is 1. The second-order valence-corrected chi connectivity index (χ2v) is 5.66. The lowest BCUT2D eigenvalue weighted by Crippen LogP contribution is -2.21. The molecular formula is C17H19F3N4O. The van der Waals surface area contributed by atoms with Crippen molar-refractivity contribution < 1.29 is 18.0 Å². The Morgan fingerprint density at radius 2 is 1.92 bits per heavy atom. The van der Waals surface area contributed by atoms with Gasteiger partial charge in [0.05, 0.1) is 11.3 Å². The predicted molar refractivity (Wildman–Crippen MR) is 90.7 cm³/mol. The van der Waals surface area contributed by atoms with Gasteiger partial charge in [-0.3, -0.25) is 9.78 Å². The number of alkyl halides is 3. The van der Waals surface area contributed by atoms with Crippen LogP contribution in [-0.2, 0) is 6.18 Å². The first kappa shape index (κ1) is 18.7. The SMILES string of the molecule is CN(C)CCNc1ccnc(C(=O)Nc2ccccc2C(F)(F)F)c1. The molecule has 0 aliphatic heterocycles. The molecule has 0 spiro atoms. The number of likely N-dealkylation sites (N-methyl/N-ethyl adjacent to an activating group) is 1. The van der Waals surface area contributed by atoms with Gasteiger partial charge < -0.3 is 15.5 Å². The van der Waals surface area contributed by atoms with E-state index < -0.39 is 17.6 Å². The summed E-state index contributed by atoms with van der Waals surface area (Å²) in [5.74, 6) is -0.701. The van der Waals surface area contributed by atoms with Crippen LogP contribution in [0.2, 0.25) is 0 Å². The van der Waals surface area contributed by atoms with Crippen LogP contribution < -0.4 is 10.6 Å². The summed E-state index contributed by atoms with van der Waals surface area (Å²) in [6.45, 7) is 1.46. The minimum absolute atomic E-state index is 0.0341. The number of hydrogen-bond donors (Lipinski definition) is 2.